The van der Waals surface area contributed by atoms with Crippen molar-refractivity contribution >= 4 is 113 Å². The Labute approximate surface area is 144 Å². The molecule has 0 aliphatic carbocycles. The Hall–Kier alpha value is 3.24. The first-order valence-corrected chi connectivity index (χ1v) is 18.2. The highest BCUT2D eigenvalue weighted by Gasteiger charge is 2.30. The molecule has 0 amide bonds. The smallest absolute Gasteiger partial charge is 0.257 e. The summed E-state index contributed by atoms with van der Waals surface area (Å²) in [5.74, 6) is -10.6. The highest BCUT2D eigenvalue weighted by Crippen LogP contribution is 2.87. The summed E-state index contributed by atoms with van der Waals surface area (Å²) < 4.78 is 14.6. The lowest BCUT2D eigenvalue weighted by atomic mass is 11.6. The van der Waals surface area contributed by atoms with Crippen molar-refractivity contribution in [3.63, 3.8) is 0 Å². The molecule has 0 fully saturated rings. The van der Waals surface area contributed by atoms with Gasteiger partial charge in [0.1, 0.15) is 5.76 Å². The van der Waals surface area contributed by atoms with Crippen LogP contribution in [-0.4, -0.2) is 13.7 Å². The average molecular weight is 494 g/mol. The molecule has 0 N–H and O–H groups in total. The molecule has 1 rings (SSSR count). The predicted octanol–water partition coefficient (Wildman–Crippen LogP) is 10.0. The fraction of sp³-hybridized carbons (Fsp3) is 1.00. The molecule has 110 valence electrons. The minimum Gasteiger partial charge on any atom is -0.277 e. The lowest BCUT2D eigenvalue weighted by molar-refractivity contribution is 1.51. The van der Waals surface area contributed by atoms with Crippen LogP contribution in [0.4, 0.5) is 0 Å². The summed E-state index contributed by atoms with van der Waals surface area (Å²) in [5.41, 5.74) is 0. The van der Waals surface area contributed by atoms with Crippen LogP contribution < -0.4 is 0 Å². The Bertz CT molecular complexity index is 431. The third-order valence-corrected chi connectivity index (χ3v) is 15.1. The largest absolute Gasteiger partial charge is 0.277 e. The molecular weight excluding hydrogens is 488 g/mol. The van der Waals surface area contributed by atoms with Crippen LogP contribution in [0, 0.1) is 0 Å². The zero-order valence-corrected chi connectivity index (χ0v) is 18.2. The lowest BCUT2D eigenvalue weighted by Gasteiger charge is -2.16. The molecule has 0 radical (unpaired) electrons. The van der Waals surface area contributed by atoms with Crippen molar-refractivity contribution in [3.05, 3.63) is 0 Å². The molecule has 1 aliphatic rings. The van der Waals surface area contributed by atoms with Gasteiger partial charge in [0.05, 0.1) is 0 Å². The van der Waals surface area contributed by atoms with E-state index in [1.54, 1.807) is 13.7 Å². The van der Waals surface area contributed by atoms with Crippen LogP contribution in [0.1, 0.15) is 0 Å². The van der Waals surface area contributed by atoms with Gasteiger partial charge in [-0.25, -0.2) is 0 Å². The molecule has 0 saturated carbocycles. The Morgan fingerprint density at radius 1 is 0.778 bits per heavy atom. The van der Waals surface area contributed by atoms with Crippen molar-refractivity contribution in [2.24, 2.45) is 18.3 Å². The fourth-order valence-electron chi connectivity index (χ4n) is 0.442. The van der Waals surface area contributed by atoms with Crippen molar-refractivity contribution in [2.75, 3.05) is 13.7 Å². The van der Waals surface area contributed by atoms with E-state index in [9.17, 15) is 0 Å². The first kappa shape index (κ1) is 21.2. The van der Waals surface area contributed by atoms with E-state index in [-0.39, 0.29) is 0 Å². The minimum atomic E-state index is -2.91. The highest BCUT2D eigenvalue weighted by atomic mass is 35.9. The molecule has 1 aliphatic heterocycles. The molecule has 0 aromatic heterocycles. The van der Waals surface area contributed by atoms with Gasteiger partial charge in [-0.3, -0.25) is 4.74 Å². The van der Waals surface area contributed by atoms with Gasteiger partial charge in [-0.2, -0.15) is 13.5 Å². The summed E-state index contributed by atoms with van der Waals surface area (Å²) in [6, 6.07) is 0. The summed E-state index contributed by atoms with van der Waals surface area (Å²) in [6.45, 7) is 1.72. The van der Waals surface area contributed by atoms with E-state index in [2.05, 4.69) is 18.3 Å². The maximum absolute atomic E-state index is 5.64. The molecule has 0 spiro atoms. The lowest BCUT2D eigenvalue weighted by Crippen LogP contribution is -1.62. The molecule has 0 bridgehead atoms. The molecule has 18 heavy (non-hydrogen) atoms. The quantitative estimate of drug-likeness (QED) is 0.301. The van der Waals surface area contributed by atoms with Gasteiger partial charge < -0.3 is 0 Å². The minimum absolute atomic E-state index is 1.62. The first-order valence-electron chi connectivity index (χ1n) is 3.65. The topological polar surface area (TPSA) is 49.4 Å². The molecule has 0 saturated heterocycles. The van der Waals surface area contributed by atoms with Crippen LogP contribution in [0.25, 0.3) is 0 Å². The van der Waals surface area contributed by atoms with Crippen molar-refractivity contribution in [1.82, 2.24) is 0 Å². The zero-order chi connectivity index (χ0) is 14.8. The van der Waals surface area contributed by atoms with Gasteiger partial charge in [0.15, 0.2) is 0 Å². The SMILES string of the molecule is CN=P(C)(Cl)Cl.ClP1(Cl)=NP(Cl)(Cl)=NP(Cl)(Cl)=N1. The molecule has 1 heterocycles. The summed E-state index contributed by atoms with van der Waals surface area (Å²) in [6.07, 6.45) is 0. The number of rotatable bonds is 0. The van der Waals surface area contributed by atoms with Crippen LogP contribution in [0.3, 0.4) is 0 Å². The molecule has 0 aromatic carbocycles. The van der Waals surface area contributed by atoms with Crippen LogP contribution >= 0.6 is 113 Å². The van der Waals surface area contributed by atoms with Crippen LogP contribution in [0.15, 0.2) is 18.3 Å². The average Bonchev–Trinajstić information content (AvgIpc) is 1.93. The van der Waals surface area contributed by atoms with Gasteiger partial charge in [0.25, 0.3) is 17.7 Å². The number of nitrogens with zero attached hydrogens (tertiary/aromatic N) is 4. The van der Waals surface area contributed by atoms with E-state index in [1.807, 2.05) is 0 Å². The number of hydrogen-bond donors (Lipinski definition) is 0. The second kappa shape index (κ2) is 7.68. The van der Waals surface area contributed by atoms with Crippen molar-refractivity contribution in [2.45, 2.75) is 0 Å². The summed E-state index contributed by atoms with van der Waals surface area (Å²) >= 11 is 44.7. The van der Waals surface area contributed by atoms with Crippen molar-refractivity contribution < 1.29 is 0 Å². The molecule has 16 heteroatoms. The Morgan fingerprint density at radius 2 is 0.944 bits per heavy atom. The molecule has 0 atom stereocenters. The third kappa shape index (κ3) is 10.9. The first-order chi connectivity index (χ1) is 7.68. The highest BCUT2D eigenvalue weighted by molar-refractivity contribution is 8.26. The Kier molecular flexibility index (Phi) is 9.06. The van der Waals surface area contributed by atoms with Crippen LogP contribution in [0.5, 0.6) is 0 Å². The van der Waals surface area contributed by atoms with E-state index >= 15 is 0 Å². The van der Waals surface area contributed by atoms with Gasteiger partial charge in [-0.15, -0.1) is 0 Å². The zero-order valence-electron chi connectivity index (χ0n) is 8.60. The summed E-state index contributed by atoms with van der Waals surface area (Å²) in [7, 11) is 1.62. The van der Waals surface area contributed by atoms with Crippen LogP contribution in [0.2, 0.25) is 0 Å². The Morgan fingerprint density at radius 3 is 1.06 bits per heavy atom. The standard InChI is InChI=1S/C2H6Cl2NP.Cl6N3P3/c1-5-6(2,3)4;1-10(2)7-11(3,4)9-12(5,6)8-10/h1-2H3;. The van der Waals surface area contributed by atoms with Gasteiger partial charge in [-0.1, -0.05) is 22.5 Å². The predicted molar refractivity (Wildman–Crippen MR) is 96.1 cm³/mol. The normalized spacial score (nSPS) is 23.4. The Balaban J connectivity index is 0.000000411. The maximum Gasteiger partial charge on any atom is 0.257 e. The van der Waals surface area contributed by atoms with Gasteiger partial charge in [0.2, 0.25) is 0 Å². The maximum atomic E-state index is 5.64. The fourth-order valence-corrected chi connectivity index (χ4v) is 19.3. The second-order valence-corrected chi connectivity index (χ2v) is 23.9. The number of halogens is 8. The van der Waals surface area contributed by atoms with E-state index in [0.717, 1.165) is 0 Å². The monoisotopic (exact) mass is 490 g/mol. The molecular formula is C2H6Cl8N4P4. The second-order valence-electron chi connectivity index (χ2n) is 2.59. The van der Waals surface area contributed by atoms with Gasteiger partial charge in [-0.05, 0) is 74.1 Å². The van der Waals surface area contributed by atoms with Crippen molar-refractivity contribution in [3.8, 4) is 0 Å². The van der Waals surface area contributed by atoms with E-state index in [0.29, 0.717) is 0 Å². The van der Waals surface area contributed by atoms with E-state index in [1.165, 1.54) is 0 Å². The molecule has 0 unspecified atom stereocenters. The molecule has 4 nitrogen and oxygen atoms in total. The van der Waals surface area contributed by atoms with E-state index in [4.69, 9.17) is 89.9 Å². The summed E-state index contributed by atoms with van der Waals surface area (Å²) in [4.78, 5) is 0. The third-order valence-electron chi connectivity index (χ3n) is 0.997. The van der Waals surface area contributed by atoms with E-state index < -0.39 is 23.5 Å². The van der Waals surface area contributed by atoms with Gasteiger partial charge in [0, 0.05) is 7.05 Å². The molecule has 0 aromatic rings. The summed E-state index contributed by atoms with van der Waals surface area (Å²) in [5, 5.41) is 0. The van der Waals surface area contributed by atoms with Crippen molar-refractivity contribution in [1.29, 1.82) is 0 Å². The van der Waals surface area contributed by atoms with Crippen LogP contribution in [-0.2, 0) is 0 Å². The number of hydrogen-bond acceptors (Lipinski definition) is 4. The van der Waals surface area contributed by atoms with Gasteiger partial charge >= 0.3 is 0 Å².